The highest BCUT2D eigenvalue weighted by atomic mass is 16.7. The Labute approximate surface area is 250 Å². The van der Waals surface area contributed by atoms with E-state index in [4.69, 9.17) is 18.9 Å². The third-order valence-corrected chi connectivity index (χ3v) is 10.5. The molecule has 0 radical (unpaired) electrons. The molecule has 234 valence electrons. The number of rotatable bonds is 2. The molecule has 8 heteroatoms. The molecule has 42 heavy (non-hydrogen) atoms. The van der Waals surface area contributed by atoms with Gasteiger partial charge in [0.2, 0.25) is 0 Å². The third kappa shape index (κ3) is 5.83. The number of aliphatic hydroxyl groups is 3. The maximum absolute atomic E-state index is 14.0. The summed E-state index contributed by atoms with van der Waals surface area (Å²) in [5.74, 6) is -1.88. The van der Waals surface area contributed by atoms with Crippen LogP contribution < -0.4 is 0 Å². The molecule has 1 aliphatic carbocycles. The van der Waals surface area contributed by atoms with Crippen molar-refractivity contribution in [3.8, 4) is 0 Å². The van der Waals surface area contributed by atoms with Crippen LogP contribution in [-0.4, -0.2) is 75.9 Å². The Morgan fingerprint density at radius 1 is 1.10 bits per heavy atom. The van der Waals surface area contributed by atoms with Crippen molar-refractivity contribution >= 4 is 5.97 Å². The Morgan fingerprint density at radius 2 is 1.86 bits per heavy atom. The lowest BCUT2D eigenvalue weighted by molar-refractivity contribution is -0.340. The number of ether oxygens (including phenoxy) is 4. The van der Waals surface area contributed by atoms with Gasteiger partial charge in [0.05, 0.1) is 24.9 Å². The summed E-state index contributed by atoms with van der Waals surface area (Å²) < 4.78 is 25.7. The molecule has 3 N–H and O–H groups in total. The minimum atomic E-state index is -1.75. The first kappa shape index (κ1) is 31.6. The van der Waals surface area contributed by atoms with Crippen LogP contribution in [0.15, 0.2) is 47.1 Å². The molecule has 2 bridgehead atoms. The topological polar surface area (TPSA) is 115 Å². The number of fused-ring (bicyclic) bond motifs is 2. The van der Waals surface area contributed by atoms with Crippen molar-refractivity contribution in [1.29, 1.82) is 0 Å². The molecule has 4 aliphatic heterocycles. The standard InChI is InChI=1S/C34H50O8/c1-7-19(2)30-22(5)13-14-33(42-30)17-26-16-25(41-33)12-11-21(4)28(35)20(3)9-8-10-24-18-39-31-29(36)23(6)15-27(32(37)40-26)34(24,31)38/h8-11,15,19-20,22,25-31,35-36,38H,7,12-14,16-18H2,1-6H3. The molecule has 1 spiro atoms. The summed E-state index contributed by atoms with van der Waals surface area (Å²) in [4.78, 5) is 14.0. The fourth-order valence-corrected chi connectivity index (χ4v) is 7.55. The van der Waals surface area contributed by atoms with Crippen LogP contribution in [0.1, 0.15) is 80.1 Å². The number of hydrogen-bond donors (Lipinski definition) is 3. The predicted octanol–water partition coefficient (Wildman–Crippen LogP) is 4.53. The number of allylic oxidation sites excluding steroid dienone is 2. The zero-order valence-electron chi connectivity index (χ0n) is 26.0. The fourth-order valence-electron chi connectivity index (χ4n) is 7.55. The van der Waals surface area contributed by atoms with Gasteiger partial charge in [-0.05, 0) is 55.2 Å². The van der Waals surface area contributed by atoms with Crippen molar-refractivity contribution in [2.45, 2.75) is 128 Å². The van der Waals surface area contributed by atoms with Gasteiger partial charge in [-0.1, -0.05) is 64.5 Å². The lowest BCUT2D eigenvalue weighted by Gasteiger charge is -2.51. The SMILES string of the molecule is CCC(C)C1OC2(CCC1C)CC1CC(CC=C(C)C(O)C(C)C=CC=C3COC4C(O)C(C)=CC(C(=O)O1)C34O)O2. The van der Waals surface area contributed by atoms with Crippen molar-refractivity contribution in [3.05, 3.63) is 47.1 Å². The van der Waals surface area contributed by atoms with Gasteiger partial charge >= 0.3 is 5.97 Å². The summed E-state index contributed by atoms with van der Waals surface area (Å²) >= 11 is 0. The number of carbonyl (C=O) groups is 1. The Morgan fingerprint density at radius 3 is 2.60 bits per heavy atom. The Kier molecular flexibility index (Phi) is 9.25. The minimum Gasteiger partial charge on any atom is -0.462 e. The first-order valence-electron chi connectivity index (χ1n) is 15.9. The number of carbonyl (C=O) groups excluding carboxylic acids is 1. The van der Waals surface area contributed by atoms with Crippen molar-refractivity contribution in [2.24, 2.45) is 23.7 Å². The fraction of sp³-hybridized carbons (Fsp3) is 0.735. The third-order valence-electron chi connectivity index (χ3n) is 10.5. The van der Waals surface area contributed by atoms with Crippen LogP contribution in [0.5, 0.6) is 0 Å². The Hall–Kier alpha value is -1.81. The first-order valence-corrected chi connectivity index (χ1v) is 15.9. The highest BCUT2D eigenvalue weighted by Crippen LogP contribution is 2.47. The average Bonchev–Trinajstić information content (AvgIpc) is 3.30. The zero-order valence-corrected chi connectivity index (χ0v) is 26.0. The van der Waals surface area contributed by atoms with Crippen molar-refractivity contribution < 1.29 is 39.1 Å². The normalized spacial score (nSPS) is 45.4. The molecule has 5 aliphatic rings. The molecule has 5 rings (SSSR count). The van der Waals surface area contributed by atoms with Gasteiger partial charge in [0.15, 0.2) is 5.79 Å². The number of esters is 1. The second-order valence-corrected chi connectivity index (χ2v) is 13.6. The Balaban J connectivity index is 1.53. The van der Waals surface area contributed by atoms with Gasteiger partial charge in [0.1, 0.15) is 29.8 Å². The van der Waals surface area contributed by atoms with E-state index in [2.05, 4.69) is 20.8 Å². The predicted molar refractivity (Wildman–Crippen MR) is 158 cm³/mol. The van der Waals surface area contributed by atoms with E-state index >= 15 is 0 Å². The van der Waals surface area contributed by atoms with Crippen LogP contribution >= 0.6 is 0 Å². The van der Waals surface area contributed by atoms with Crippen LogP contribution in [0.4, 0.5) is 0 Å². The van der Waals surface area contributed by atoms with Crippen molar-refractivity contribution in [3.63, 3.8) is 0 Å². The maximum Gasteiger partial charge on any atom is 0.316 e. The number of hydrogen-bond acceptors (Lipinski definition) is 8. The van der Waals surface area contributed by atoms with E-state index in [1.165, 1.54) is 0 Å². The maximum atomic E-state index is 14.0. The second-order valence-electron chi connectivity index (χ2n) is 13.6. The quantitative estimate of drug-likeness (QED) is 0.320. The van der Waals surface area contributed by atoms with E-state index in [0.717, 1.165) is 18.4 Å². The summed E-state index contributed by atoms with van der Waals surface area (Å²) in [6.07, 6.45) is 9.73. The second kappa shape index (κ2) is 12.3. The summed E-state index contributed by atoms with van der Waals surface area (Å²) in [5, 5.41) is 34.0. The smallest absolute Gasteiger partial charge is 0.316 e. The van der Waals surface area contributed by atoms with Crippen LogP contribution in [0, 0.1) is 23.7 Å². The van der Waals surface area contributed by atoms with E-state index in [9.17, 15) is 20.1 Å². The molecule has 3 saturated heterocycles. The monoisotopic (exact) mass is 586 g/mol. The molecule has 0 aromatic carbocycles. The van der Waals surface area contributed by atoms with Gasteiger partial charge < -0.3 is 34.3 Å². The molecule has 0 saturated carbocycles. The Bertz CT molecular complexity index is 1140. The lowest BCUT2D eigenvalue weighted by Crippen LogP contribution is -2.58. The van der Waals surface area contributed by atoms with Crippen LogP contribution in [0.25, 0.3) is 0 Å². The van der Waals surface area contributed by atoms with Gasteiger partial charge in [0.25, 0.3) is 0 Å². The largest absolute Gasteiger partial charge is 0.462 e. The van der Waals surface area contributed by atoms with Gasteiger partial charge in [-0.15, -0.1) is 0 Å². The van der Waals surface area contributed by atoms with E-state index in [-0.39, 0.29) is 24.7 Å². The molecule has 12 atom stereocenters. The molecular weight excluding hydrogens is 536 g/mol. The van der Waals surface area contributed by atoms with E-state index in [1.54, 1.807) is 25.2 Å². The molecule has 0 aromatic rings. The minimum absolute atomic E-state index is 0.0404. The van der Waals surface area contributed by atoms with Crippen LogP contribution in [0.2, 0.25) is 0 Å². The van der Waals surface area contributed by atoms with Gasteiger partial charge in [-0.3, -0.25) is 4.79 Å². The van der Waals surface area contributed by atoms with E-state index in [1.807, 2.05) is 26.0 Å². The summed E-state index contributed by atoms with van der Waals surface area (Å²) in [7, 11) is 0. The molecule has 0 amide bonds. The number of aliphatic hydroxyl groups excluding tert-OH is 2. The van der Waals surface area contributed by atoms with E-state index in [0.29, 0.717) is 48.7 Å². The first-order chi connectivity index (χ1) is 19.9. The lowest BCUT2D eigenvalue weighted by atomic mass is 9.71. The summed E-state index contributed by atoms with van der Waals surface area (Å²) in [6, 6.07) is 0. The zero-order chi connectivity index (χ0) is 30.4. The summed E-state index contributed by atoms with van der Waals surface area (Å²) in [6.45, 7) is 12.3. The highest BCUT2D eigenvalue weighted by Gasteiger charge is 2.60. The van der Waals surface area contributed by atoms with Crippen LogP contribution in [0.3, 0.4) is 0 Å². The molecule has 3 fully saturated rings. The van der Waals surface area contributed by atoms with Crippen molar-refractivity contribution in [2.75, 3.05) is 6.61 Å². The average molecular weight is 587 g/mol. The van der Waals surface area contributed by atoms with Gasteiger partial charge in [-0.25, -0.2) is 0 Å². The van der Waals surface area contributed by atoms with E-state index < -0.39 is 47.7 Å². The molecule has 12 unspecified atom stereocenters. The molecule has 0 aromatic heterocycles. The van der Waals surface area contributed by atoms with Gasteiger partial charge in [0, 0.05) is 25.2 Å². The molecule has 4 heterocycles. The highest BCUT2D eigenvalue weighted by molar-refractivity contribution is 5.78. The van der Waals surface area contributed by atoms with Crippen LogP contribution in [-0.2, 0) is 23.7 Å². The summed E-state index contributed by atoms with van der Waals surface area (Å²) in [5.41, 5.74) is 0.156. The molecule has 8 nitrogen and oxygen atoms in total. The van der Waals surface area contributed by atoms with Crippen molar-refractivity contribution in [1.82, 2.24) is 0 Å². The molecular formula is C34H50O8. The van der Waals surface area contributed by atoms with Gasteiger partial charge in [-0.2, -0.15) is 0 Å².